The van der Waals surface area contributed by atoms with Crippen LogP contribution in [0, 0.1) is 29.6 Å². The molecule has 7 aliphatic rings. The number of nitrogens with two attached hydrogens (primary N) is 2. The van der Waals surface area contributed by atoms with Gasteiger partial charge in [-0.15, -0.1) is 0 Å². The number of aromatic nitrogens is 10. The molecule has 70 heavy (non-hydrogen) atoms. The molecule has 2 saturated heterocycles. The van der Waals surface area contributed by atoms with Crippen LogP contribution in [0.3, 0.4) is 0 Å². The Kier molecular flexibility index (Phi) is 17.3. The molecule has 2 amide bonds. The number of imidazole rings is 2. The highest BCUT2D eigenvalue weighted by Crippen LogP contribution is 2.36. The van der Waals surface area contributed by atoms with Crippen molar-refractivity contribution in [2.24, 2.45) is 35.3 Å². The monoisotopic (exact) mass is 1000 g/mol. The van der Waals surface area contributed by atoms with Crippen LogP contribution in [0.1, 0.15) is 116 Å². The lowest BCUT2D eigenvalue weighted by atomic mass is 10.2. The molecule has 5 aromatic rings. The number of nitrogen functional groups attached to an aromatic ring is 1. The predicted molar refractivity (Wildman–Crippen MR) is 272 cm³/mol. The molecule has 7 fully saturated rings. The van der Waals surface area contributed by atoms with Gasteiger partial charge in [0, 0.05) is 89.0 Å². The van der Waals surface area contributed by atoms with E-state index in [1.165, 1.54) is 51.2 Å². The van der Waals surface area contributed by atoms with Gasteiger partial charge in [-0.25, -0.2) is 39.9 Å². The summed E-state index contributed by atoms with van der Waals surface area (Å²) in [5.41, 5.74) is 15.0. The Morgan fingerprint density at radius 3 is 1.69 bits per heavy atom. The number of amides is 2. The van der Waals surface area contributed by atoms with Crippen molar-refractivity contribution in [2.75, 3.05) is 49.1 Å². The van der Waals surface area contributed by atoms with Crippen LogP contribution >= 0.6 is 23.2 Å². The van der Waals surface area contributed by atoms with Gasteiger partial charge in [0.2, 0.25) is 11.8 Å². The van der Waals surface area contributed by atoms with Crippen LogP contribution < -0.4 is 22.1 Å². The summed E-state index contributed by atoms with van der Waals surface area (Å²) in [5, 5.41) is 7.24. The Labute approximate surface area is 420 Å². The van der Waals surface area contributed by atoms with Crippen molar-refractivity contribution in [1.82, 2.24) is 58.8 Å². The quantitative estimate of drug-likeness (QED) is 0.0663. The molecule has 0 aromatic carbocycles. The van der Waals surface area contributed by atoms with Crippen LogP contribution in [-0.4, -0.2) is 122 Å². The number of halogens is 2. The molecule has 0 spiro atoms. The lowest BCUT2D eigenvalue weighted by Crippen LogP contribution is -2.32. The normalized spacial score (nSPS) is 20.3. The fourth-order valence-corrected chi connectivity index (χ4v) is 9.09. The number of nitrogens with zero attached hydrogens (tertiary/aromatic N) is 12. The number of nitrogens with one attached hydrogen (secondary N) is 2. The average molecular weight is 1000 g/mol. The van der Waals surface area contributed by atoms with Crippen molar-refractivity contribution in [3.05, 3.63) is 40.9 Å². The first-order chi connectivity index (χ1) is 34.0. The SMILES string of the molecule is CCNc1ncnc(Cl)c1N.CCn1c(CC2CC2)nc2c(Cl)ncnc21.CCn1c(CC2CC2)nc2c(N[C@H]3CCN(C(=O)C4CC4)C3)ncnc21.N[C@H]1CCN(C(=O)C2CC2)C1.O=CCC1CC1. The molecule has 7 heterocycles. The molecule has 0 bridgehead atoms. The number of aryl methyl sites for hydroxylation is 2. The molecule has 378 valence electrons. The third-order valence-electron chi connectivity index (χ3n) is 13.7. The van der Waals surface area contributed by atoms with Crippen molar-refractivity contribution in [3.8, 4) is 0 Å². The van der Waals surface area contributed by atoms with Gasteiger partial charge in [-0.3, -0.25) is 9.59 Å². The molecule has 5 aromatic heterocycles. The van der Waals surface area contributed by atoms with Gasteiger partial charge in [0.25, 0.3) is 0 Å². The summed E-state index contributed by atoms with van der Waals surface area (Å²) in [4.78, 5) is 71.5. The first-order valence-corrected chi connectivity index (χ1v) is 26.3. The van der Waals surface area contributed by atoms with Crippen LogP contribution in [0.5, 0.6) is 0 Å². The topological polar surface area (TPSA) is 247 Å². The van der Waals surface area contributed by atoms with E-state index in [-0.39, 0.29) is 17.2 Å². The number of likely N-dealkylation sites (tertiary alicyclic amines) is 2. The van der Waals surface area contributed by atoms with Crippen LogP contribution in [0.2, 0.25) is 10.3 Å². The Morgan fingerprint density at radius 2 is 1.17 bits per heavy atom. The van der Waals surface area contributed by atoms with Gasteiger partial charge in [-0.2, -0.15) is 0 Å². The number of fused-ring (bicyclic) bond motifs is 2. The number of carbonyl (C=O) groups is 3. The predicted octanol–water partition coefficient (Wildman–Crippen LogP) is 6.76. The van der Waals surface area contributed by atoms with Crippen LogP contribution in [0.15, 0.2) is 19.0 Å². The molecule has 5 saturated carbocycles. The van der Waals surface area contributed by atoms with E-state index in [2.05, 4.69) is 68.5 Å². The Bertz CT molecular complexity index is 2570. The van der Waals surface area contributed by atoms with E-state index in [0.717, 1.165) is 167 Å². The molecule has 2 aliphatic heterocycles. The molecular formula is C49H70Cl2N16O3. The fraction of sp³-hybridized carbons (Fsp3) is 0.653. The van der Waals surface area contributed by atoms with Gasteiger partial charge in [-0.1, -0.05) is 23.2 Å². The minimum atomic E-state index is 0.234. The van der Waals surface area contributed by atoms with Crippen molar-refractivity contribution < 1.29 is 14.4 Å². The summed E-state index contributed by atoms with van der Waals surface area (Å²) in [6, 6.07) is 0.479. The van der Waals surface area contributed by atoms with Crippen molar-refractivity contribution in [1.29, 1.82) is 0 Å². The second-order valence-corrected chi connectivity index (χ2v) is 20.4. The maximum atomic E-state index is 12.3. The minimum Gasteiger partial charge on any atom is -0.393 e. The molecular weight excluding hydrogens is 932 g/mol. The fourth-order valence-electron chi connectivity index (χ4n) is 8.79. The maximum absolute atomic E-state index is 12.3. The largest absolute Gasteiger partial charge is 0.393 e. The van der Waals surface area contributed by atoms with Gasteiger partial charge in [0.15, 0.2) is 38.8 Å². The van der Waals surface area contributed by atoms with Gasteiger partial charge in [0.1, 0.15) is 48.1 Å². The zero-order chi connectivity index (χ0) is 49.3. The Balaban J connectivity index is 0.000000128. The van der Waals surface area contributed by atoms with Crippen LogP contribution in [0.25, 0.3) is 22.3 Å². The van der Waals surface area contributed by atoms with Gasteiger partial charge >= 0.3 is 0 Å². The molecule has 5 aliphatic carbocycles. The molecule has 6 N–H and O–H groups in total. The number of rotatable bonds is 14. The second kappa shape index (κ2) is 23.8. The number of hydrogen-bond acceptors (Lipinski definition) is 15. The Morgan fingerprint density at radius 1 is 0.657 bits per heavy atom. The maximum Gasteiger partial charge on any atom is 0.225 e. The summed E-state index contributed by atoms with van der Waals surface area (Å²) in [6.07, 6.45) is 22.5. The lowest BCUT2D eigenvalue weighted by Gasteiger charge is -2.17. The second-order valence-electron chi connectivity index (χ2n) is 19.7. The molecule has 2 atom stereocenters. The van der Waals surface area contributed by atoms with E-state index >= 15 is 0 Å². The van der Waals surface area contributed by atoms with E-state index in [0.29, 0.717) is 40.3 Å². The molecule has 12 rings (SSSR count). The molecule has 0 radical (unpaired) electrons. The van der Waals surface area contributed by atoms with Gasteiger partial charge in [0.05, 0.1) is 0 Å². The summed E-state index contributed by atoms with van der Waals surface area (Å²) in [5.74, 6) is 7.35. The molecule has 21 heteroatoms. The summed E-state index contributed by atoms with van der Waals surface area (Å²) in [7, 11) is 0. The van der Waals surface area contributed by atoms with Crippen molar-refractivity contribution >= 4 is 81.0 Å². The number of aldehydes is 1. The highest BCUT2D eigenvalue weighted by Gasteiger charge is 2.38. The zero-order valence-electron chi connectivity index (χ0n) is 40.9. The van der Waals surface area contributed by atoms with Crippen LogP contribution in [0.4, 0.5) is 17.3 Å². The van der Waals surface area contributed by atoms with E-state index in [1.807, 2.05) is 16.7 Å². The highest BCUT2D eigenvalue weighted by atomic mass is 35.5. The first kappa shape index (κ1) is 51.1. The number of anilines is 3. The van der Waals surface area contributed by atoms with Gasteiger partial charge < -0.3 is 45.8 Å². The smallest absolute Gasteiger partial charge is 0.225 e. The van der Waals surface area contributed by atoms with Crippen molar-refractivity contribution in [2.45, 2.75) is 142 Å². The third-order valence-corrected chi connectivity index (χ3v) is 14.3. The van der Waals surface area contributed by atoms with E-state index < -0.39 is 0 Å². The average Bonchev–Trinajstić information content (AvgIpc) is 4.07. The van der Waals surface area contributed by atoms with Crippen LogP contribution in [-0.2, 0) is 40.3 Å². The van der Waals surface area contributed by atoms with Gasteiger partial charge in [-0.05, 0) is 116 Å². The van der Waals surface area contributed by atoms with E-state index in [4.69, 9.17) is 39.7 Å². The zero-order valence-corrected chi connectivity index (χ0v) is 42.4. The minimum absolute atomic E-state index is 0.234. The lowest BCUT2D eigenvalue weighted by molar-refractivity contribution is -0.132. The highest BCUT2D eigenvalue weighted by molar-refractivity contribution is 6.33. The molecule has 19 nitrogen and oxygen atoms in total. The van der Waals surface area contributed by atoms with E-state index in [1.54, 1.807) is 6.33 Å². The van der Waals surface area contributed by atoms with E-state index in [9.17, 15) is 14.4 Å². The number of carbonyl (C=O) groups excluding carboxylic acids is 3. The summed E-state index contributed by atoms with van der Waals surface area (Å²) >= 11 is 11.7. The Hall–Kier alpha value is -5.27. The molecule has 0 unspecified atom stereocenters. The number of hydrogen-bond donors (Lipinski definition) is 4. The van der Waals surface area contributed by atoms with Crippen molar-refractivity contribution in [3.63, 3.8) is 0 Å². The summed E-state index contributed by atoms with van der Waals surface area (Å²) in [6.45, 7) is 12.0. The third kappa shape index (κ3) is 13.8. The standard InChI is InChI=1S/C19H26N6O.C11H13ClN4.C8H14N2O.C6H9ClN4.C5H8O/c1-2-25-15(9-12-3-4-12)23-16-17(20-11-21-18(16)25)22-14-7-8-24(10-14)19(26)13-5-6-13;1-2-16-8(5-7-3-4-7)15-9-10(12)13-6-14-11(9)16;9-7-3-4-10(5-7)8(11)6-1-2-6;1-2-9-6-4(8)5(7)10-3-11-6;6-4-3-5-1-2-5/h11-14H,2-10H2,1H3,(H,20,21,22);6-7H,2-5H2,1H3;6-7H,1-5,9H2;3H,2,8H2,1H3,(H,9,10,11);4-5H,1-3H2/t14-;;7-;;/m0.0../s1. The summed E-state index contributed by atoms with van der Waals surface area (Å²) < 4.78 is 4.36. The first-order valence-electron chi connectivity index (χ1n) is 25.6.